The Kier molecular flexibility index (Phi) is 4.54. The fraction of sp³-hybridized carbons (Fsp3) is 0.625. The third kappa shape index (κ3) is 2.93. The first-order valence-corrected chi connectivity index (χ1v) is 9.32. The Bertz CT molecular complexity index is 627. The van der Waals surface area contributed by atoms with Gasteiger partial charge in [-0.2, -0.15) is 0 Å². The quantitative estimate of drug-likeness (QED) is 0.862. The molecule has 1 heterocycles. The van der Waals surface area contributed by atoms with Crippen molar-refractivity contribution >= 4 is 10.0 Å². The summed E-state index contributed by atoms with van der Waals surface area (Å²) in [7, 11) is -1.65. The SMILES string of the molecule is COCC1(CNS(=O)(=O)C2CCC2)OCCc2ccccc21. The van der Waals surface area contributed by atoms with Crippen molar-refractivity contribution in [3.05, 3.63) is 35.4 Å². The lowest BCUT2D eigenvalue weighted by Gasteiger charge is -2.39. The molecule has 1 aromatic rings. The minimum atomic E-state index is -3.27. The van der Waals surface area contributed by atoms with E-state index in [1.807, 2.05) is 18.2 Å². The lowest BCUT2D eigenvalue weighted by Crippen LogP contribution is -2.51. The topological polar surface area (TPSA) is 64.6 Å². The Labute approximate surface area is 132 Å². The van der Waals surface area contributed by atoms with Gasteiger partial charge >= 0.3 is 0 Å². The first-order valence-electron chi connectivity index (χ1n) is 7.77. The van der Waals surface area contributed by atoms with Crippen LogP contribution in [0.3, 0.4) is 0 Å². The predicted octanol–water partition coefficient (Wildman–Crippen LogP) is 1.57. The molecule has 6 heteroatoms. The summed E-state index contributed by atoms with van der Waals surface area (Å²) in [5.41, 5.74) is 1.49. The van der Waals surface area contributed by atoms with Crippen LogP contribution in [-0.2, 0) is 31.5 Å². The molecule has 1 aromatic carbocycles. The van der Waals surface area contributed by atoms with Gasteiger partial charge in [-0.25, -0.2) is 13.1 Å². The molecule has 1 N–H and O–H groups in total. The van der Waals surface area contributed by atoms with Crippen LogP contribution in [0.25, 0.3) is 0 Å². The Morgan fingerprint density at radius 2 is 2.14 bits per heavy atom. The highest BCUT2D eigenvalue weighted by molar-refractivity contribution is 7.90. The van der Waals surface area contributed by atoms with Gasteiger partial charge in [0.1, 0.15) is 5.60 Å². The average Bonchev–Trinajstić information content (AvgIpc) is 2.44. The summed E-state index contributed by atoms with van der Waals surface area (Å²) in [5.74, 6) is 0. The Morgan fingerprint density at radius 1 is 1.36 bits per heavy atom. The second-order valence-electron chi connectivity index (χ2n) is 6.10. The van der Waals surface area contributed by atoms with Crippen LogP contribution >= 0.6 is 0 Å². The van der Waals surface area contributed by atoms with Gasteiger partial charge in [0.05, 0.1) is 18.5 Å². The Hall–Kier alpha value is -0.950. The van der Waals surface area contributed by atoms with Crippen molar-refractivity contribution in [1.82, 2.24) is 4.72 Å². The minimum absolute atomic E-state index is 0.219. The number of hydrogen-bond donors (Lipinski definition) is 1. The Balaban J connectivity index is 1.84. The molecule has 3 rings (SSSR count). The van der Waals surface area contributed by atoms with Crippen molar-refractivity contribution in [3.8, 4) is 0 Å². The standard InChI is InChI=1S/C16H23NO4S/c1-20-12-16(11-17-22(18,19)14-6-4-7-14)15-8-3-2-5-13(15)9-10-21-16/h2-3,5,8,14,17H,4,6-7,9-12H2,1H3. The van der Waals surface area contributed by atoms with Crippen molar-refractivity contribution in [3.63, 3.8) is 0 Å². The van der Waals surface area contributed by atoms with E-state index in [1.165, 1.54) is 5.56 Å². The summed E-state index contributed by atoms with van der Waals surface area (Å²) in [6.45, 7) is 1.12. The first kappa shape index (κ1) is 15.9. The number of ether oxygens (including phenoxy) is 2. The smallest absolute Gasteiger partial charge is 0.214 e. The van der Waals surface area contributed by atoms with Crippen molar-refractivity contribution in [2.45, 2.75) is 36.5 Å². The molecule has 22 heavy (non-hydrogen) atoms. The number of methoxy groups -OCH3 is 1. The highest BCUT2D eigenvalue weighted by Gasteiger charge is 2.40. The molecule has 5 nitrogen and oxygen atoms in total. The van der Waals surface area contributed by atoms with Crippen LogP contribution in [-0.4, -0.2) is 40.5 Å². The van der Waals surface area contributed by atoms with E-state index in [9.17, 15) is 8.42 Å². The molecule has 0 radical (unpaired) electrons. The molecule has 2 aliphatic rings. The van der Waals surface area contributed by atoms with Gasteiger partial charge in [0.25, 0.3) is 0 Å². The van der Waals surface area contributed by atoms with Gasteiger partial charge < -0.3 is 9.47 Å². The molecule has 0 aromatic heterocycles. The number of sulfonamides is 1. The summed E-state index contributed by atoms with van der Waals surface area (Å²) in [5, 5.41) is -0.245. The average molecular weight is 325 g/mol. The number of fused-ring (bicyclic) bond motifs is 1. The van der Waals surface area contributed by atoms with Crippen LogP contribution in [0, 0.1) is 0 Å². The number of hydrogen-bond acceptors (Lipinski definition) is 4. The lowest BCUT2D eigenvalue weighted by molar-refractivity contribution is -0.0983. The van der Waals surface area contributed by atoms with Gasteiger partial charge in [0, 0.05) is 13.7 Å². The van der Waals surface area contributed by atoms with Crippen LogP contribution in [0.15, 0.2) is 24.3 Å². The molecule has 1 aliphatic heterocycles. The molecule has 0 spiro atoms. The van der Waals surface area contributed by atoms with Crippen molar-refractivity contribution in [1.29, 1.82) is 0 Å². The van der Waals surface area contributed by atoms with Crippen LogP contribution < -0.4 is 4.72 Å². The number of rotatable bonds is 6. The molecule has 1 unspecified atom stereocenters. The maximum absolute atomic E-state index is 12.3. The molecule has 0 saturated heterocycles. The maximum atomic E-state index is 12.3. The summed E-state index contributed by atoms with van der Waals surface area (Å²) in [6, 6.07) is 8.03. The number of benzene rings is 1. The zero-order chi connectivity index (χ0) is 15.6. The third-order valence-electron chi connectivity index (χ3n) is 4.69. The van der Waals surface area contributed by atoms with Gasteiger partial charge in [-0.05, 0) is 30.4 Å². The van der Waals surface area contributed by atoms with Gasteiger partial charge in [0.15, 0.2) is 0 Å². The van der Waals surface area contributed by atoms with E-state index in [-0.39, 0.29) is 11.8 Å². The van der Waals surface area contributed by atoms with Crippen molar-refractivity contribution < 1.29 is 17.9 Å². The highest BCUT2D eigenvalue weighted by Crippen LogP contribution is 2.34. The van der Waals surface area contributed by atoms with E-state index in [1.54, 1.807) is 7.11 Å². The first-order chi connectivity index (χ1) is 10.6. The summed E-state index contributed by atoms with van der Waals surface area (Å²) in [4.78, 5) is 0. The van der Waals surface area contributed by atoms with E-state index in [0.717, 1.165) is 31.2 Å². The van der Waals surface area contributed by atoms with Crippen molar-refractivity contribution in [2.75, 3.05) is 26.9 Å². The fourth-order valence-electron chi connectivity index (χ4n) is 3.18. The van der Waals surface area contributed by atoms with Crippen LogP contribution in [0.2, 0.25) is 0 Å². The molecule has 1 fully saturated rings. The lowest BCUT2D eigenvalue weighted by atomic mass is 9.87. The minimum Gasteiger partial charge on any atom is -0.381 e. The zero-order valence-electron chi connectivity index (χ0n) is 12.9. The van der Waals surface area contributed by atoms with E-state index < -0.39 is 15.6 Å². The molecular formula is C16H23NO4S. The Morgan fingerprint density at radius 3 is 2.82 bits per heavy atom. The van der Waals surface area contributed by atoms with Gasteiger partial charge in [-0.15, -0.1) is 0 Å². The molecule has 0 amide bonds. The summed E-state index contributed by atoms with van der Waals surface area (Å²) < 4.78 is 38.7. The van der Waals surface area contributed by atoms with Gasteiger partial charge in [-0.1, -0.05) is 30.7 Å². The normalized spacial score (nSPS) is 25.5. The molecule has 122 valence electrons. The molecule has 0 bridgehead atoms. The van der Waals surface area contributed by atoms with E-state index >= 15 is 0 Å². The third-order valence-corrected chi connectivity index (χ3v) is 6.58. The van der Waals surface area contributed by atoms with E-state index in [4.69, 9.17) is 9.47 Å². The second-order valence-corrected chi connectivity index (χ2v) is 8.15. The maximum Gasteiger partial charge on any atom is 0.214 e. The van der Waals surface area contributed by atoms with Gasteiger partial charge in [-0.3, -0.25) is 0 Å². The molecule has 1 aliphatic carbocycles. The summed E-state index contributed by atoms with van der Waals surface area (Å²) in [6.07, 6.45) is 3.35. The van der Waals surface area contributed by atoms with E-state index in [0.29, 0.717) is 13.2 Å². The van der Waals surface area contributed by atoms with Gasteiger partial charge in [0.2, 0.25) is 10.0 Å². The molecule has 1 atom stereocenters. The van der Waals surface area contributed by atoms with E-state index in [2.05, 4.69) is 10.8 Å². The summed E-state index contributed by atoms with van der Waals surface area (Å²) >= 11 is 0. The van der Waals surface area contributed by atoms with Crippen LogP contribution in [0.1, 0.15) is 30.4 Å². The monoisotopic (exact) mass is 325 g/mol. The highest BCUT2D eigenvalue weighted by atomic mass is 32.2. The molecule has 1 saturated carbocycles. The number of nitrogens with one attached hydrogen (secondary N) is 1. The molecular weight excluding hydrogens is 302 g/mol. The zero-order valence-corrected chi connectivity index (χ0v) is 13.7. The fourth-order valence-corrected chi connectivity index (χ4v) is 4.81. The van der Waals surface area contributed by atoms with Crippen LogP contribution in [0.4, 0.5) is 0 Å². The second kappa shape index (κ2) is 6.28. The largest absolute Gasteiger partial charge is 0.381 e. The van der Waals surface area contributed by atoms with Crippen molar-refractivity contribution in [2.24, 2.45) is 0 Å². The van der Waals surface area contributed by atoms with Crippen LogP contribution in [0.5, 0.6) is 0 Å². The predicted molar refractivity (Wildman–Crippen MR) is 84.2 cm³/mol.